The number of amides is 1. The molecule has 0 radical (unpaired) electrons. The van der Waals surface area contributed by atoms with Crippen molar-refractivity contribution < 1.29 is 4.79 Å². The summed E-state index contributed by atoms with van der Waals surface area (Å²) in [6, 6.07) is 6.98. The number of nitriles is 1. The lowest BCUT2D eigenvalue weighted by atomic mass is 9.97. The van der Waals surface area contributed by atoms with Crippen LogP contribution in [0.1, 0.15) is 17.0 Å². The van der Waals surface area contributed by atoms with E-state index >= 15 is 0 Å². The van der Waals surface area contributed by atoms with E-state index in [-0.39, 0.29) is 0 Å². The van der Waals surface area contributed by atoms with Crippen LogP contribution >= 0.6 is 0 Å². The zero-order chi connectivity index (χ0) is 10.7. The Bertz CT molecular complexity index is 406. The second-order valence-corrected chi connectivity index (χ2v) is 3.10. The molecule has 4 N–H and O–H groups in total. The molecule has 1 rings (SSSR count). The van der Waals surface area contributed by atoms with Gasteiger partial charge in [0.05, 0.1) is 6.07 Å². The molecule has 0 saturated heterocycles. The Kier molecular flexibility index (Phi) is 2.73. The standard InChI is InChI=1S/C10H11N3O/c1-6-2-3-7(9(12)4-6)8(5-11)10(13)14/h2-4,8H,12H2,1H3,(H2,13,14). The van der Waals surface area contributed by atoms with E-state index in [9.17, 15) is 4.79 Å². The topological polar surface area (TPSA) is 92.9 Å². The number of anilines is 1. The van der Waals surface area contributed by atoms with E-state index in [2.05, 4.69) is 0 Å². The van der Waals surface area contributed by atoms with Gasteiger partial charge in [0.2, 0.25) is 5.91 Å². The minimum atomic E-state index is -0.962. The molecular weight excluding hydrogens is 178 g/mol. The van der Waals surface area contributed by atoms with Crippen LogP contribution in [0.3, 0.4) is 0 Å². The molecule has 0 saturated carbocycles. The van der Waals surface area contributed by atoms with Crippen LogP contribution in [0.4, 0.5) is 5.69 Å². The van der Waals surface area contributed by atoms with E-state index in [1.807, 2.05) is 13.0 Å². The molecule has 1 amide bonds. The number of carbonyl (C=O) groups is 1. The van der Waals surface area contributed by atoms with E-state index in [0.29, 0.717) is 11.3 Å². The van der Waals surface area contributed by atoms with Crippen LogP contribution in [-0.2, 0) is 4.79 Å². The predicted molar refractivity (Wildman–Crippen MR) is 53.1 cm³/mol. The predicted octanol–water partition coefficient (Wildman–Crippen LogP) is 0.670. The van der Waals surface area contributed by atoms with Gasteiger partial charge in [0.25, 0.3) is 0 Å². The second-order valence-electron chi connectivity index (χ2n) is 3.10. The SMILES string of the molecule is Cc1ccc(C(C#N)C(N)=O)c(N)c1. The van der Waals surface area contributed by atoms with Crippen molar-refractivity contribution >= 4 is 11.6 Å². The lowest BCUT2D eigenvalue weighted by Crippen LogP contribution is -2.21. The van der Waals surface area contributed by atoms with Gasteiger partial charge in [-0.15, -0.1) is 0 Å². The lowest BCUT2D eigenvalue weighted by Gasteiger charge is -2.08. The fourth-order valence-corrected chi connectivity index (χ4v) is 1.24. The molecule has 0 heterocycles. The Hall–Kier alpha value is -2.02. The number of benzene rings is 1. The summed E-state index contributed by atoms with van der Waals surface area (Å²) < 4.78 is 0. The van der Waals surface area contributed by atoms with Gasteiger partial charge in [0.1, 0.15) is 0 Å². The third-order valence-electron chi connectivity index (χ3n) is 1.97. The highest BCUT2D eigenvalue weighted by Crippen LogP contribution is 2.22. The van der Waals surface area contributed by atoms with E-state index in [0.717, 1.165) is 5.56 Å². The van der Waals surface area contributed by atoms with Gasteiger partial charge in [0, 0.05) is 11.3 Å². The molecule has 0 aliphatic rings. The molecule has 1 aromatic rings. The number of primary amides is 1. The molecule has 0 spiro atoms. The Balaban J connectivity index is 3.19. The molecule has 0 aliphatic carbocycles. The van der Waals surface area contributed by atoms with Crippen LogP contribution in [0.2, 0.25) is 0 Å². The highest BCUT2D eigenvalue weighted by Gasteiger charge is 2.19. The minimum Gasteiger partial charge on any atom is -0.398 e. The highest BCUT2D eigenvalue weighted by molar-refractivity contribution is 5.86. The van der Waals surface area contributed by atoms with Crippen LogP contribution < -0.4 is 11.5 Å². The molecular formula is C10H11N3O. The summed E-state index contributed by atoms with van der Waals surface area (Å²) in [5, 5.41) is 8.74. The largest absolute Gasteiger partial charge is 0.398 e. The number of hydrogen-bond donors (Lipinski definition) is 2. The first kappa shape index (κ1) is 10.1. The quantitative estimate of drug-likeness (QED) is 0.669. The van der Waals surface area contributed by atoms with Gasteiger partial charge in [-0.05, 0) is 18.6 Å². The van der Waals surface area contributed by atoms with E-state index < -0.39 is 11.8 Å². The van der Waals surface area contributed by atoms with Crippen LogP contribution in [-0.4, -0.2) is 5.91 Å². The van der Waals surface area contributed by atoms with Gasteiger partial charge in [0.15, 0.2) is 5.92 Å². The van der Waals surface area contributed by atoms with Gasteiger partial charge in [-0.1, -0.05) is 12.1 Å². The summed E-state index contributed by atoms with van der Waals surface area (Å²) in [5.41, 5.74) is 12.6. The van der Waals surface area contributed by atoms with Crippen molar-refractivity contribution in [2.24, 2.45) is 5.73 Å². The molecule has 0 aliphatic heterocycles. The number of nitrogens with zero attached hydrogens (tertiary/aromatic N) is 1. The third kappa shape index (κ3) is 1.83. The number of aryl methyl sites for hydroxylation is 1. The van der Waals surface area contributed by atoms with Crippen molar-refractivity contribution in [1.29, 1.82) is 5.26 Å². The fraction of sp³-hybridized carbons (Fsp3) is 0.200. The fourth-order valence-electron chi connectivity index (χ4n) is 1.24. The molecule has 4 heteroatoms. The van der Waals surface area contributed by atoms with Crippen LogP contribution in [0.15, 0.2) is 18.2 Å². The molecule has 0 bridgehead atoms. The monoisotopic (exact) mass is 189 g/mol. The lowest BCUT2D eigenvalue weighted by molar-refractivity contribution is -0.118. The van der Waals surface area contributed by atoms with Crippen molar-refractivity contribution in [1.82, 2.24) is 0 Å². The highest BCUT2D eigenvalue weighted by atomic mass is 16.1. The third-order valence-corrected chi connectivity index (χ3v) is 1.97. The first-order valence-electron chi connectivity index (χ1n) is 4.11. The van der Waals surface area contributed by atoms with Crippen molar-refractivity contribution in [3.05, 3.63) is 29.3 Å². The Labute approximate surface area is 82.1 Å². The van der Waals surface area contributed by atoms with E-state index in [4.69, 9.17) is 16.7 Å². The summed E-state index contributed by atoms with van der Waals surface area (Å²) in [5.74, 6) is -1.64. The summed E-state index contributed by atoms with van der Waals surface area (Å²) in [4.78, 5) is 10.9. The number of carbonyl (C=O) groups excluding carboxylic acids is 1. The van der Waals surface area contributed by atoms with Gasteiger partial charge in [-0.25, -0.2) is 0 Å². The zero-order valence-electron chi connectivity index (χ0n) is 7.82. The molecule has 72 valence electrons. The molecule has 1 unspecified atom stereocenters. The Morgan fingerprint density at radius 2 is 2.21 bits per heavy atom. The molecule has 0 fully saturated rings. The van der Waals surface area contributed by atoms with Crippen LogP contribution in [0.5, 0.6) is 0 Å². The number of nitrogen functional groups attached to an aromatic ring is 1. The van der Waals surface area contributed by atoms with Crippen molar-refractivity contribution in [3.8, 4) is 6.07 Å². The van der Waals surface area contributed by atoms with Crippen molar-refractivity contribution in [3.63, 3.8) is 0 Å². The van der Waals surface area contributed by atoms with E-state index in [1.54, 1.807) is 18.2 Å². The smallest absolute Gasteiger partial charge is 0.239 e. The molecule has 1 aromatic carbocycles. The summed E-state index contributed by atoms with van der Waals surface area (Å²) >= 11 is 0. The molecule has 1 atom stereocenters. The maximum absolute atomic E-state index is 10.9. The summed E-state index contributed by atoms with van der Waals surface area (Å²) in [7, 11) is 0. The summed E-state index contributed by atoms with van der Waals surface area (Å²) in [6.45, 7) is 1.88. The zero-order valence-corrected chi connectivity index (χ0v) is 7.82. The number of rotatable bonds is 2. The number of hydrogen-bond acceptors (Lipinski definition) is 3. The van der Waals surface area contributed by atoms with Gasteiger partial charge in [-0.2, -0.15) is 5.26 Å². The molecule has 4 nitrogen and oxygen atoms in total. The average Bonchev–Trinajstić information content (AvgIpc) is 2.09. The van der Waals surface area contributed by atoms with Gasteiger partial charge < -0.3 is 11.5 Å². The normalized spacial score (nSPS) is 11.7. The van der Waals surface area contributed by atoms with Gasteiger partial charge in [-0.3, -0.25) is 4.79 Å². The maximum Gasteiger partial charge on any atom is 0.239 e. The van der Waals surface area contributed by atoms with E-state index in [1.165, 1.54) is 0 Å². The first-order valence-corrected chi connectivity index (χ1v) is 4.11. The second kappa shape index (κ2) is 3.79. The first-order chi connectivity index (χ1) is 6.56. The summed E-state index contributed by atoms with van der Waals surface area (Å²) in [6.07, 6.45) is 0. The van der Waals surface area contributed by atoms with Crippen LogP contribution in [0.25, 0.3) is 0 Å². The maximum atomic E-state index is 10.9. The number of nitrogens with two attached hydrogens (primary N) is 2. The molecule has 0 aromatic heterocycles. The minimum absolute atomic E-state index is 0.426. The Morgan fingerprint density at radius 3 is 2.64 bits per heavy atom. The van der Waals surface area contributed by atoms with Crippen molar-refractivity contribution in [2.45, 2.75) is 12.8 Å². The van der Waals surface area contributed by atoms with Gasteiger partial charge >= 0.3 is 0 Å². The van der Waals surface area contributed by atoms with Crippen molar-refractivity contribution in [2.75, 3.05) is 5.73 Å². The average molecular weight is 189 g/mol. The Morgan fingerprint density at radius 1 is 1.57 bits per heavy atom. The molecule has 14 heavy (non-hydrogen) atoms. The van der Waals surface area contributed by atoms with Crippen LogP contribution in [0, 0.1) is 18.3 Å².